The number of Topliss-reactive ketones (excluding diaryl/α,β-unsaturated/α-hetero) is 3. The van der Waals surface area contributed by atoms with E-state index in [1.807, 2.05) is 103 Å². The lowest BCUT2D eigenvalue weighted by atomic mass is 9.83. The van der Waals surface area contributed by atoms with Crippen LogP contribution in [0.25, 0.3) is 0 Å². The number of hydrogen-bond acceptors (Lipinski definition) is 12. The molecule has 1 aliphatic heterocycles. The molecule has 1 saturated heterocycles. The highest BCUT2D eigenvalue weighted by Gasteiger charge is 2.43. The second kappa shape index (κ2) is 34.6. The number of nitrogens with zero attached hydrogens (tertiary/aromatic N) is 3. The Labute approximate surface area is 465 Å². The number of unbranched alkanes of at least 4 members (excludes halogenated alkanes) is 3. The Morgan fingerprint density at radius 3 is 1.96 bits per heavy atom. The molecule has 17 nitrogen and oxygen atoms in total. The average Bonchev–Trinajstić information content (AvgIpc) is 3.88. The van der Waals surface area contributed by atoms with E-state index in [1.54, 1.807) is 43.0 Å². The van der Waals surface area contributed by atoms with Crippen molar-refractivity contribution in [3.05, 3.63) is 65.7 Å². The number of likely N-dealkylation sites (N-methyl/N-ethyl adjacent to an activating group) is 2. The van der Waals surface area contributed by atoms with Crippen LogP contribution in [0.4, 0.5) is 5.69 Å². The molecule has 2 aromatic carbocycles. The van der Waals surface area contributed by atoms with Crippen LogP contribution in [-0.2, 0) is 65.6 Å². The van der Waals surface area contributed by atoms with Gasteiger partial charge >= 0.3 is 5.97 Å². The van der Waals surface area contributed by atoms with Crippen molar-refractivity contribution in [2.45, 2.75) is 188 Å². The predicted octanol–water partition coefficient (Wildman–Crippen LogP) is 8.34. The Balaban J connectivity index is 1.64. The van der Waals surface area contributed by atoms with Crippen molar-refractivity contribution in [3.8, 4) is 0 Å². The zero-order valence-electron chi connectivity index (χ0n) is 49.1. The van der Waals surface area contributed by atoms with Gasteiger partial charge < -0.3 is 39.8 Å². The highest BCUT2D eigenvalue weighted by molar-refractivity contribution is 5.92. The number of carbonyl (C=O) groups is 8. The van der Waals surface area contributed by atoms with Gasteiger partial charge in [0.05, 0.1) is 55.3 Å². The molecule has 0 bridgehead atoms. The summed E-state index contributed by atoms with van der Waals surface area (Å²) in [6.07, 6.45) is 5.40. The molecular weight excluding hydrogens is 995 g/mol. The second-order valence-electron chi connectivity index (χ2n) is 22.4. The van der Waals surface area contributed by atoms with Crippen LogP contribution in [0.3, 0.4) is 0 Å². The third-order valence-electron chi connectivity index (χ3n) is 15.5. The topological polar surface area (TPSA) is 218 Å². The molecule has 4 amide bonds. The molecule has 0 aliphatic carbocycles. The van der Waals surface area contributed by atoms with E-state index < -0.39 is 54.0 Å². The number of carboxylic acid groups (broad SMARTS) is 1. The molecule has 2 aromatic rings. The Hall–Kier alpha value is -5.36. The van der Waals surface area contributed by atoms with Gasteiger partial charge in [-0.1, -0.05) is 110 Å². The van der Waals surface area contributed by atoms with Crippen molar-refractivity contribution in [2.24, 2.45) is 29.6 Å². The fourth-order valence-electron chi connectivity index (χ4n) is 11.0. The van der Waals surface area contributed by atoms with Gasteiger partial charge in [0, 0.05) is 71.5 Å². The minimum absolute atomic E-state index is 0.00184. The van der Waals surface area contributed by atoms with Crippen molar-refractivity contribution in [2.75, 3.05) is 53.8 Å². The van der Waals surface area contributed by atoms with Crippen molar-refractivity contribution >= 4 is 52.6 Å². The molecular formula is C61H95N5O12. The summed E-state index contributed by atoms with van der Waals surface area (Å²) >= 11 is 0. The number of anilines is 1. The molecule has 0 spiro atoms. The van der Waals surface area contributed by atoms with E-state index in [9.17, 15) is 38.4 Å². The minimum atomic E-state index is -0.922. The molecule has 1 aliphatic rings. The number of ether oxygens (including phenoxy) is 3. The summed E-state index contributed by atoms with van der Waals surface area (Å²) in [6, 6.07) is 14.4. The summed E-state index contributed by atoms with van der Waals surface area (Å²) in [6.45, 7) is 14.1. The lowest BCUT2D eigenvalue weighted by Crippen LogP contribution is -2.55. The van der Waals surface area contributed by atoms with E-state index in [4.69, 9.17) is 19.3 Å². The van der Waals surface area contributed by atoms with E-state index in [-0.39, 0.29) is 104 Å². The molecule has 3 rings (SSSR count). The van der Waals surface area contributed by atoms with Crippen LogP contribution >= 0.6 is 0 Å². The first-order valence-corrected chi connectivity index (χ1v) is 28.4. The van der Waals surface area contributed by atoms with E-state index in [2.05, 4.69) is 10.6 Å². The van der Waals surface area contributed by atoms with Gasteiger partial charge in [0.1, 0.15) is 12.4 Å². The van der Waals surface area contributed by atoms with Crippen LogP contribution in [-0.4, -0.2) is 152 Å². The van der Waals surface area contributed by atoms with Crippen molar-refractivity contribution in [1.29, 1.82) is 0 Å². The predicted molar refractivity (Wildman–Crippen MR) is 302 cm³/mol. The van der Waals surface area contributed by atoms with Gasteiger partial charge in [-0.2, -0.15) is 0 Å². The average molecular weight is 1090 g/mol. The van der Waals surface area contributed by atoms with Crippen LogP contribution in [0.15, 0.2) is 54.6 Å². The molecule has 436 valence electrons. The Bertz CT molecular complexity index is 2200. The van der Waals surface area contributed by atoms with E-state index in [0.717, 1.165) is 36.8 Å². The van der Waals surface area contributed by atoms with Gasteiger partial charge in [-0.05, 0) is 93.6 Å². The lowest BCUT2D eigenvalue weighted by Gasteiger charge is -2.41. The molecule has 0 unspecified atom stereocenters. The zero-order chi connectivity index (χ0) is 58.1. The highest BCUT2D eigenvalue weighted by Crippen LogP contribution is 2.31. The van der Waals surface area contributed by atoms with E-state index >= 15 is 0 Å². The van der Waals surface area contributed by atoms with E-state index in [0.29, 0.717) is 50.8 Å². The largest absolute Gasteiger partial charge is 0.481 e. The molecule has 1 fully saturated rings. The summed E-state index contributed by atoms with van der Waals surface area (Å²) < 4.78 is 18.1. The van der Waals surface area contributed by atoms with Gasteiger partial charge in [-0.3, -0.25) is 43.3 Å². The van der Waals surface area contributed by atoms with Crippen LogP contribution in [0.5, 0.6) is 0 Å². The van der Waals surface area contributed by atoms with E-state index in [1.165, 1.54) is 7.11 Å². The van der Waals surface area contributed by atoms with Gasteiger partial charge in [0.25, 0.3) is 0 Å². The van der Waals surface area contributed by atoms with Crippen molar-refractivity contribution in [3.63, 3.8) is 0 Å². The Kier molecular flexibility index (Phi) is 29.7. The minimum Gasteiger partial charge on any atom is -0.481 e. The number of rotatable bonds is 38. The number of benzene rings is 2. The zero-order valence-corrected chi connectivity index (χ0v) is 49.1. The first kappa shape index (κ1) is 66.9. The number of nitrogens with one attached hydrogen (secondary N) is 2. The first-order valence-electron chi connectivity index (χ1n) is 28.4. The van der Waals surface area contributed by atoms with Crippen LogP contribution in [0.2, 0.25) is 0 Å². The maximum absolute atomic E-state index is 14.5. The summed E-state index contributed by atoms with van der Waals surface area (Å²) in [5.74, 6) is -3.36. The first-order chi connectivity index (χ1) is 37.0. The number of carbonyl (C=O) groups excluding carboxylic acids is 7. The SMILES string of the molecule is CC[C@H](C)[C@@H]([C@@H](CC(=O)N1CCC[C@H]1[C@H](OC)[C@@H](C)C(=O)N[C@@H](Cc1ccccc1)C(=O)COCc1ccc(NC(=O)CCCCCCC(=O)CCCC(=O)O)cc1)OC)N(C)C(=O)[C@@H](CC(=O)[C@H](C(C)C)N(C)C)C(C)C. The maximum Gasteiger partial charge on any atom is 0.303 e. The number of methoxy groups -OCH3 is 2. The fourth-order valence-corrected chi connectivity index (χ4v) is 11.0. The van der Waals surface area contributed by atoms with Gasteiger partial charge in [-0.25, -0.2) is 0 Å². The quantitative estimate of drug-likeness (QED) is 0.0540. The van der Waals surface area contributed by atoms with Crippen LogP contribution in [0.1, 0.15) is 149 Å². The Morgan fingerprint density at radius 1 is 0.744 bits per heavy atom. The fraction of sp³-hybridized carbons (Fsp3) is 0.672. The van der Waals surface area contributed by atoms with Gasteiger partial charge in [-0.15, -0.1) is 0 Å². The highest BCUT2D eigenvalue weighted by atomic mass is 16.5. The third kappa shape index (κ3) is 21.7. The molecule has 0 radical (unpaired) electrons. The normalized spacial score (nSPS) is 16.7. The van der Waals surface area contributed by atoms with Crippen LogP contribution < -0.4 is 10.6 Å². The van der Waals surface area contributed by atoms with Crippen LogP contribution in [0, 0.1) is 29.6 Å². The number of carboxylic acids is 1. The molecule has 0 aromatic heterocycles. The summed E-state index contributed by atoms with van der Waals surface area (Å²) in [7, 11) is 8.61. The number of ketones is 3. The number of amides is 4. The lowest BCUT2D eigenvalue weighted by molar-refractivity contribution is -0.149. The molecule has 3 N–H and O–H groups in total. The summed E-state index contributed by atoms with van der Waals surface area (Å²) in [4.78, 5) is 111. The van der Waals surface area contributed by atoms with Crippen molar-refractivity contribution < 1.29 is 57.7 Å². The molecule has 17 heteroatoms. The molecule has 9 atom stereocenters. The number of aliphatic carboxylic acids is 1. The van der Waals surface area contributed by atoms with Gasteiger partial charge in [0.2, 0.25) is 23.6 Å². The summed E-state index contributed by atoms with van der Waals surface area (Å²) in [5, 5.41) is 14.6. The Morgan fingerprint density at radius 2 is 1.38 bits per heavy atom. The standard InChI is InChI=1S/C61H95N5O12/c1-13-42(6)58(65(10)61(75)48(40(2)3)36-51(68)57(41(4)5)64(8)9)53(76-11)37-55(71)66-34-22-27-50(66)59(77-12)43(7)60(74)63-49(35-44-23-17-16-18-24-44)52(69)39-78-38-45-30-32-46(33-31-45)62-54(70)28-20-15-14-19-25-47(67)26-21-29-56(72)73/h16-18,23-24,30-33,40-43,48-50,53,57-59H,13-15,19-22,25-29,34-39H2,1-12H3,(H,62,70)(H,63,74)(H,72,73)/t42-,43+,48-,49-,50-,53+,57-,58-,59+/m0/s1. The number of likely N-dealkylation sites (tertiary alicyclic amines) is 1. The monoisotopic (exact) mass is 1090 g/mol. The molecule has 78 heavy (non-hydrogen) atoms. The maximum atomic E-state index is 14.5. The molecule has 1 heterocycles. The van der Waals surface area contributed by atoms with Gasteiger partial charge in [0.15, 0.2) is 11.6 Å². The smallest absolute Gasteiger partial charge is 0.303 e. The van der Waals surface area contributed by atoms with Crippen molar-refractivity contribution in [1.82, 2.24) is 20.0 Å². The molecule has 0 saturated carbocycles. The third-order valence-corrected chi connectivity index (χ3v) is 15.5. The second-order valence-corrected chi connectivity index (χ2v) is 22.4. The number of hydrogen-bond donors (Lipinski definition) is 3. The summed E-state index contributed by atoms with van der Waals surface area (Å²) in [5.41, 5.74) is 2.26.